The van der Waals surface area contributed by atoms with E-state index in [-0.39, 0.29) is 0 Å². The molecule has 0 bridgehead atoms. The van der Waals surface area contributed by atoms with Gasteiger partial charge in [-0.15, -0.1) is 0 Å². The molecule has 1 aromatic heterocycles. The van der Waals surface area contributed by atoms with Gasteiger partial charge >= 0.3 is 0 Å². The number of fused-ring (bicyclic) bond motifs is 1. The van der Waals surface area contributed by atoms with Crippen molar-refractivity contribution < 1.29 is 4.79 Å². The Morgan fingerprint density at radius 2 is 1.95 bits per heavy atom. The van der Waals surface area contributed by atoms with Gasteiger partial charge < -0.3 is 4.57 Å². The van der Waals surface area contributed by atoms with Gasteiger partial charge in [-0.25, -0.2) is 0 Å². The number of nitrogens with zero attached hydrogens (tertiary/aromatic N) is 1. The molecule has 2 nitrogen and oxygen atoms in total. The van der Waals surface area contributed by atoms with Crippen LogP contribution < -0.4 is 0 Å². The summed E-state index contributed by atoms with van der Waals surface area (Å²) < 4.78 is 2.00. The van der Waals surface area contributed by atoms with Gasteiger partial charge in [0.1, 0.15) is 0 Å². The molecular formula is C17H13Cl2NO. The van der Waals surface area contributed by atoms with E-state index in [4.69, 9.17) is 23.2 Å². The topological polar surface area (TPSA) is 22.0 Å². The van der Waals surface area contributed by atoms with Crippen LogP contribution >= 0.6 is 23.2 Å². The standard InChI is InChI=1S/C17H13Cl2NO/c1-11-2-3-12(16(19)6-11)8-20-9-13(10-21)15-5-4-14(18)7-17(15)20/h2-7,9-10H,8H2,1H3. The Kier molecular flexibility index (Phi) is 3.75. The number of aryl methyl sites for hydroxylation is 1. The minimum atomic E-state index is 0.601. The summed E-state index contributed by atoms with van der Waals surface area (Å²) >= 11 is 12.4. The second-order valence-electron chi connectivity index (χ2n) is 5.09. The number of carbonyl (C=O) groups is 1. The number of hydrogen-bond acceptors (Lipinski definition) is 1. The Morgan fingerprint density at radius 1 is 1.14 bits per heavy atom. The lowest BCUT2D eigenvalue weighted by molar-refractivity contribution is 0.112. The van der Waals surface area contributed by atoms with Gasteiger partial charge in [-0.1, -0.05) is 41.4 Å². The molecule has 0 aliphatic heterocycles. The summed E-state index contributed by atoms with van der Waals surface area (Å²) in [7, 11) is 0. The highest BCUT2D eigenvalue weighted by Gasteiger charge is 2.10. The molecule has 0 amide bonds. The van der Waals surface area contributed by atoms with Crippen molar-refractivity contribution in [3.8, 4) is 0 Å². The molecule has 0 aliphatic carbocycles. The summed E-state index contributed by atoms with van der Waals surface area (Å²) in [6.45, 7) is 2.61. The molecule has 0 unspecified atom stereocenters. The third-order valence-electron chi connectivity index (χ3n) is 3.55. The predicted octanol–water partition coefficient (Wildman–Crippen LogP) is 5.12. The highest BCUT2D eigenvalue weighted by Crippen LogP contribution is 2.26. The number of aromatic nitrogens is 1. The molecule has 0 aliphatic rings. The zero-order chi connectivity index (χ0) is 15.0. The Morgan fingerprint density at radius 3 is 2.67 bits per heavy atom. The summed E-state index contributed by atoms with van der Waals surface area (Å²) in [4.78, 5) is 11.2. The Labute approximate surface area is 132 Å². The largest absolute Gasteiger partial charge is 0.342 e. The Bertz CT molecular complexity index is 836. The Hall–Kier alpha value is -1.77. The van der Waals surface area contributed by atoms with Crippen LogP contribution in [0.4, 0.5) is 0 Å². The molecule has 0 saturated heterocycles. The number of aldehydes is 1. The number of rotatable bonds is 3. The van der Waals surface area contributed by atoms with Crippen molar-refractivity contribution >= 4 is 40.4 Å². The van der Waals surface area contributed by atoms with Crippen LogP contribution in [0.25, 0.3) is 10.9 Å². The minimum Gasteiger partial charge on any atom is -0.342 e. The first kappa shape index (κ1) is 14.2. The quantitative estimate of drug-likeness (QED) is 0.615. The third kappa shape index (κ3) is 2.69. The van der Waals surface area contributed by atoms with E-state index in [9.17, 15) is 4.79 Å². The van der Waals surface area contributed by atoms with Crippen molar-refractivity contribution in [2.45, 2.75) is 13.5 Å². The predicted molar refractivity (Wildman–Crippen MR) is 87.6 cm³/mol. The van der Waals surface area contributed by atoms with Crippen LogP contribution in [0.3, 0.4) is 0 Å². The highest BCUT2D eigenvalue weighted by molar-refractivity contribution is 6.31. The summed E-state index contributed by atoms with van der Waals surface area (Å²) in [6.07, 6.45) is 2.70. The maximum Gasteiger partial charge on any atom is 0.152 e. The average Bonchev–Trinajstić information content (AvgIpc) is 2.79. The van der Waals surface area contributed by atoms with Crippen molar-refractivity contribution in [2.24, 2.45) is 0 Å². The average molecular weight is 318 g/mol. The maximum absolute atomic E-state index is 11.2. The molecular weight excluding hydrogens is 305 g/mol. The lowest BCUT2D eigenvalue weighted by Crippen LogP contribution is -1.99. The molecule has 0 spiro atoms. The number of halogens is 2. The van der Waals surface area contributed by atoms with Gasteiger partial charge in [0, 0.05) is 33.7 Å². The molecule has 0 N–H and O–H groups in total. The van der Waals surface area contributed by atoms with E-state index < -0.39 is 0 Å². The highest BCUT2D eigenvalue weighted by atomic mass is 35.5. The first-order chi connectivity index (χ1) is 10.1. The molecule has 0 atom stereocenters. The van der Waals surface area contributed by atoms with Crippen molar-refractivity contribution in [3.05, 3.63) is 69.3 Å². The molecule has 3 aromatic rings. The molecule has 0 radical (unpaired) electrons. The van der Waals surface area contributed by atoms with E-state index >= 15 is 0 Å². The zero-order valence-electron chi connectivity index (χ0n) is 11.4. The van der Waals surface area contributed by atoms with Gasteiger partial charge in [-0.05, 0) is 36.2 Å². The van der Waals surface area contributed by atoms with Crippen molar-refractivity contribution in [3.63, 3.8) is 0 Å². The summed E-state index contributed by atoms with van der Waals surface area (Å²) in [6, 6.07) is 11.5. The number of carbonyl (C=O) groups excluding carboxylic acids is 1. The van der Waals surface area contributed by atoms with Crippen LogP contribution in [0.15, 0.2) is 42.6 Å². The van der Waals surface area contributed by atoms with E-state index in [1.165, 1.54) is 0 Å². The van der Waals surface area contributed by atoms with Crippen LogP contribution in [0, 0.1) is 6.92 Å². The number of hydrogen-bond donors (Lipinski definition) is 0. The van der Waals surface area contributed by atoms with Gasteiger partial charge in [0.15, 0.2) is 6.29 Å². The Balaban J connectivity index is 2.11. The molecule has 21 heavy (non-hydrogen) atoms. The van der Waals surface area contributed by atoms with E-state index in [1.54, 1.807) is 6.07 Å². The van der Waals surface area contributed by atoms with E-state index in [0.29, 0.717) is 17.1 Å². The normalized spacial score (nSPS) is 11.0. The summed E-state index contributed by atoms with van der Waals surface area (Å²) in [5, 5.41) is 2.28. The van der Waals surface area contributed by atoms with Crippen molar-refractivity contribution in [1.82, 2.24) is 4.57 Å². The number of benzene rings is 2. The lowest BCUT2D eigenvalue weighted by Gasteiger charge is -2.08. The van der Waals surface area contributed by atoms with Crippen molar-refractivity contribution in [2.75, 3.05) is 0 Å². The van der Waals surface area contributed by atoms with Gasteiger partial charge in [0.2, 0.25) is 0 Å². The second kappa shape index (κ2) is 5.55. The van der Waals surface area contributed by atoms with Crippen LogP contribution in [0.1, 0.15) is 21.5 Å². The fraction of sp³-hybridized carbons (Fsp3) is 0.118. The third-order valence-corrected chi connectivity index (χ3v) is 4.14. The molecule has 4 heteroatoms. The smallest absolute Gasteiger partial charge is 0.152 e. The van der Waals surface area contributed by atoms with Gasteiger partial charge in [-0.2, -0.15) is 0 Å². The van der Waals surface area contributed by atoms with Crippen molar-refractivity contribution in [1.29, 1.82) is 0 Å². The molecule has 106 valence electrons. The molecule has 1 heterocycles. The fourth-order valence-electron chi connectivity index (χ4n) is 2.48. The first-order valence-corrected chi connectivity index (χ1v) is 7.32. The van der Waals surface area contributed by atoms with Crippen LogP contribution in [0.2, 0.25) is 10.0 Å². The molecule has 3 rings (SSSR count). The van der Waals surface area contributed by atoms with E-state index in [0.717, 1.165) is 33.3 Å². The molecule has 0 saturated carbocycles. The fourth-order valence-corrected chi connectivity index (χ4v) is 2.94. The maximum atomic E-state index is 11.2. The lowest BCUT2D eigenvalue weighted by atomic mass is 10.1. The summed E-state index contributed by atoms with van der Waals surface area (Å²) in [5.74, 6) is 0. The van der Waals surface area contributed by atoms with Crippen LogP contribution in [-0.4, -0.2) is 10.9 Å². The second-order valence-corrected chi connectivity index (χ2v) is 5.93. The van der Waals surface area contributed by atoms with Gasteiger partial charge in [0.25, 0.3) is 0 Å². The summed E-state index contributed by atoms with van der Waals surface area (Å²) in [5.41, 5.74) is 3.72. The first-order valence-electron chi connectivity index (χ1n) is 6.57. The molecule has 0 fully saturated rings. The van der Waals surface area contributed by atoms with E-state index in [2.05, 4.69) is 0 Å². The molecule has 2 aromatic carbocycles. The zero-order valence-corrected chi connectivity index (χ0v) is 12.9. The monoisotopic (exact) mass is 317 g/mol. The SMILES string of the molecule is Cc1ccc(Cn2cc(C=O)c3ccc(Cl)cc32)c(Cl)c1. The van der Waals surface area contributed by atoms with Crippen LogP contribution in [0.5, 0.6) is 0 Å². The van der Waals surface area contributed by atoms with Gasteiger partial charge in [-0.3, -0.25) is 4.79 Å². The van der Waals surface area contributed by atoms with E-state index in [1.807, 2.05) is 48.0 Å². The minimum absolute atomic E-state index is 0.601. The van der Waals surface area contributed by atoms with Gasteiger partial charge in [0.05, 0.1) is 5.52 Å². The van der Waals surface area contributed by atoms with Crippen LogP contribution in [-0.2, 0) is 6.54 Å².